The van der Waals surface area contributed by atoms with Gasteiger partial charge in [-0.25, -0.2) is 4.39 Å². The Kier molecular flexibility index (Phi) is 7.79. The number of hydrogen-bond acceptors (Lipinski definition) is 3. The van der Waals surface area contributed by atoms with Gasteiger partial charge in [0.1, 0.15) is 11.6 Å². The number of rotatable bonds is 9. The molecule has 1 atom stereocenters. The molecule has 134 valence electrons. The fourth-order valence-electron chi connectivity index (χ4n) is 2.23. The van der Waals surface area contributed by atoms with E-state index < -0.39 is 6.10 Å². The molecule has 0 heterocycles. The molecule has 0 fully saturated rings. The summed E-state index contributed by atoms with van der Waals surface area (Å²) < 4.78 is 18.5. The molecule has 1 amide bonds. The third-order valence-electron chi connectivity index (χ3n) is 3.69. The van der Waals surface area contributed by atoms with Crippen LogP contribution in [0.4, 0.5) is 4.39 Å². The Hall–Kier alpha value is -2.01. The monoisotopic (exact) mass is 361 g/mol. The first-order valence-corrected chi connectivity index (χ1v) is 9.57. The van der Waals surface area contributed by atoms with Gasteiger partial charge in [-0.1, -0.05) is 36.8 Å². The van der Waals surface area contributed by atoms with Gasteiger partial charge in [-0.15, -0.1) is 0 Å². The Morgan fingerprint density at radius 3 is 2.48 bits per heavy atom. The second kappa shape index (κ2) is 10.1. The average Bonchev–Trinajstić information content (AvgIpc) is 2.62. The summed E-state index contributed by atoms with van der Waals surface area (Å²) in [6, 6.07) is 14.2. The molecule has 2 aromatic rings. The van der Waals surface area contributed by atoms with E-state index in [2.05, 4.69) is 36.5 Å². The summed E-state index contributed by atoms with van der Waals surface area (Å²) >= 11 is 1.78. The predicted octanol–water partition coefficient (Wildman–Crippen LogP) is 4.34. The average molecular weight is 361 g/mol. The Bertz CT molecular complexity index is 658. The Morgan fingerprint density at radius 1 is 1.16 bits per heavy atom. The molecular weight excluding hydrogens is 337 g/mol. The zero-order valence-electron chi connectivity index (χ0n) is 14.6. The standard InChI is InChI=1S/C20H24FNO2S/c1-3-19(24-18-10-8-17(21)9-11-18)20(23)22-12-13-25-14-16-6-4-15(2)5-7-16/h4-11,19H,3,12-14H2,1-2H3,(H,22,23). The summed E-state index contributed by atoms with van der Waals surface area (Å²) in [7, 11) is 0. The van der Waals surface area contributed by atoms with Crippen LogP contribution >= 0.6 is 11.8 Å². The minimum Gasteiger partial charge on any atom is -0.481 e. The molecule has 0 bridgehead atoms. The lowest BCUT2D eigenvalue weighted by Gasteiger charge is -2.17. The van der Waals surface area contributed by atoms with E-state index >= 15 is 0 Å². The Balaban J connectivity index is 1.68. The molecule has 2 rings (SSSR count). The molecule has 5 heteroatoms. The van der Waals surface area contributed by atoms with Gasteiger partial charge in [-0.2, -0.15) is 11.8 Å². The number of aryl methyl sites for hydroxylation is 1. The number of benzene rings is 2. The zero-order valence-corrected chi connectivity index (χ0v) is 15.4. The molecule has 0 radical (unpaired) electrons. The minimum atomic E-state index is -0.562. The van der Waals surface area contributed by atoms with Gasteiger partial charge in [0.2, 0.25) is 0 Å². The van der Waals surface area contributed by atoms with Gasteiger partial charge in [0.15, 0.2) is 6.10 Å². The largest absolute Gasteiger partial charge is 0.481 e. The first kappa shape index (κ1) is 19.3. The summed E-state index contributed by atoms with van der Waals surface area (Å²) in [5, 5.41) is 2.90. The molecular formula is C20H24FNO2S. The number of halogens is 1. The maximum atomic E-state index is 12.9. The van der Waals surface area contributed by atoms with Crippen LogP contribution in [0, 0.1) is 12.7 Å². The quantitative estimate of drug-likeness (QED) is 0.675. The van der Waals surface area contributed by atoms with E-state index in [-0.39, 0.29) is 11.7 Å². The number of hydrogen-bond donors (Lipinski definition) is 1. The summed E-state index contributed by atoms with van der Waals surface area (Å²) in [4.78, 5) is 12.2. The van der Waals surface area contributed by atoms with Crippen molar-refractivity contribution >= 4 is 17.7 Å². The summed E-state index contributed by atoms with van der Waals surface area (Å²) in [5.41, 5.74) is 2.54. The van der Waals surface area contributed by atoms with E-state index in [4.69, 9.17) is 4.74 Å². The maximum absolute atomic E-state index is 12.9. The van der Waals surface area contributed by atoms with Crippen LogP contribution in [0.3, 0.4) is 0 Å². The van der Waals surface area contributed by atoms with Gasteiger partial charge in [0, 0.05) is 18.1 Å². The second-order valence-corrected chi connectivity index (χ2v) is 6.90. The highest BCUT2D eigenvalue weighted by Crippen LogP contribution is 2.15. The molecule has 25 heavy (non-hydrogen) atoms. The van der Waals surface area contributed by atoms with E-state index in [1.54, 1.807) is 11.8 Å². The van der Waals surface area contributed by atoms with Crippen LogP contribution < -0.4 is 10.1 Å². The summed E-state index contributed by atoms with van der Waals surface area (Å²) in [6.07, 6.45) is -0.00717. The molecule has 0 saturated carbocycles. The highest BCUT2D eigenvalue weighted by molar-refractivity contribution is 7.98. The van der Waals surface area contributed by atoms with E-state index in [0.717, 1.165) is 11.5 Å². The van der Waals surface area contributed by atoms with Crippen LogP contribution in [0.25, 0.3) is 0 Å². The van der Waals surface area contributed by atoms with Crippen molar-refractivity contribution in [1.29, 1.82) is 0 Å². The van der Waals surface area contributed by atoms with Gasteiger partial charge >= 0.3 is 0 Å². The summed E-state index contributed by atoms with van der Waals surface area (Å²) in [6.45, 7) is 4.56. The lowest BCUT2D eigenvalue weighted by Crippen LogP contribution is -2.39. The fraction of sp³-hybridized carbons (Fsp3) is 0.350. The lowest BCUT2D eigenvalue weighted by molar-refractivity contribution is -0.127. The van der Waals surface area contributed by atoms with Crippen molar-refractivity contribution in [1.82, 2.24) is 5.32 Å². The van der Waals surface area contributed by atoms with Gasteiger partial charge < -0.3 is 10.1 Å². The van der Waals surface area contributed by atoms with Gasteiger partial charge in [0.25, 0.3) is 5.91 Å². The molecule has 1 unspecified atom stereocenters. The lowest BCUT2D eigenvalue weighted by atomic mass is 10.2. The second-order valence-electron chi connectivity index (χ2n) is 5.80. The molecule has 2 aromatic carbocycles. The van der Waals surface area contributed by atoms with Crippen LogP contribution in [-0.4, -0.2) is 24.3 Å². The summed E-state index contributed by atoms with van der Waals surface area (Å²) in [5.74, 6) is 1.81. The third-order valence-corrected chi connectivity index (χ3v) is 4.72. The Morgan fingerprint density at radius 2 is 1.84 bits per heavy atom. The molecule has 3 nitrogen and oxygen atoms in total. The maximum Gasteiger partial charge on any atom is 0.261 e. The van der Waals surface area contributed by atoms with Crippen LogP contribution in [0.2, 0.25) is 0 Å². The van der Waals surface area contributed by atoms with Crippen molar-refractivity contribution in [3.8, 4) is 5.75 Å². The van der Waals surface area contributed by atoms with Crippen LogP contribution in [0.5, 0.6) is 5.75 Å². The topological polar surface area (TPSA) is 38.3 Å². The van der Waals surface area contributed by atoms with Crippen molar-refractivity contribution in [3.05, 3.63) is 65.5 Å². The van der Waals surface area contributed by atoms with Gasteiger partial charge in [0.05, 0.1) is 0 Å². The molecule has 0 aliphatic carbocycles. The van der Waals surface area contributed by atoms with E-state index in [1.807, 2.05) is 6.92 Å². The molecule has 0 aliphatic rings. The fourth-order valence-corrected chi connectivity index (χ4v) is 3.05. The molecule has 0 aromatic heterocycles. The van der Waals surface area contributed by atoms with Crippen molar-refractivity contribution < 1.29 is 13.9 Å². The normalized spacial score (nSPS) is 11.8. The number of ether oxygens (including phenoxy) is 1. The highest BCUT2D eigenvalue weighted by Gasteiger charge is 2.17. The van der Waals surface area contributed by atoms with E-state index in [1.165, 1.54) is 35.4 Å². The highest BCUT2D eigenvalue weighted by atomic mass is 32.2. The van der Waals surface area contributed by atoms with Crippen molar-refractivity contribution in [2.45, 2.75) is 32.1 Å². The predicted molar refractivity (Wildman–Crippen MR) is 101 cm³/mol. The first-order valence-electron chi connectivity index (χ1n) is 8.41. The van der Waals surface area contributed by atoms with E-state index in [9.17, 15) is 9.18 Å². The number of carbonyl (C=O) groups is 1. The van der Waals surface area contributed by atoms with E-state index in [0.29, 0.717) is 18.7 Å². The third kappa shape index (κ3) is 6.78. The SMILES string of the molecule is CCC(Oc1ccc(F)cc1)C(=O)NCCSCc1ccc(C)cc1. The minimum absolute atomic E-state index is 0.136. The van der Waals surface area contributed by atoms with Crippen molar-refractivity contribution in [2.24, 2.45) is 0 Å². The van der Waals surface area contributed by atoms with Crippen LogP contribution in [-0.2, 0) is 10.5 Å². The van der Waals surface area contributed by atoms with Crippen molar-refractivity contribution in [2.75, 3.05) is 12.3 Å². The van der Waals surface area contributed by atoms with Crippen LogP contribution in [0.15, 0.2) is 48.5 Å². The van der Waals surface area contributed by atoms with Crippen molar-refractivity contribution in [3.63, 3.8) is 0 Å². The zero-order chi connectivity index (χ0) is 18.1. The number of carbonyl (C=O) groups excluding carboxylic acids is 1. The molecule has 0 saturated heterocycles. The number of amides is 1. The van der Waals surface area contributed by atoms with Gasteiger partial charge in [-0.3, -0.25) is 4.79 Å². The Labute approximate surface area is 153 Å². The number of thioether (sulfide) groups is 1. The molecule has 0 spiro atoms. The van der Waals surface area contributed by atoms with Gasteiger partial charge in [-0.05, 0) is 43.2 Å². The first-order chi connectivity index (χ1) is 12.1. The molecule has 0 aliphatic heterocycles. The molecule has 1 N–H and O–H groups in total. The smallest absolute Gasteiger partial charge is 0.261 e. The van der Waals surface area contributed by atoms with Crippen LogP contribution in [0.1, 0.15) is 24.5 Å². The number of nitrogens with one attached hydrogen (secondary N) is 1.